The van der Waals surface area contributed by atoms with Gasteiger partial charge < -0.3 is 0 Å². The predicted molar refractivity (Wildman–Crippen MR) is 70.4 cm³/mol. The van der Waals surface area contributed by atoms with Crippen LogP contribution >= 0.6 is 0 Å². The first-order valence-corrected chi connectivity index (χ1v) is 9.11. The van der Waals surface area contributed by atoms with Gasteiger partial charge in [-0.1, -0.05) is 65.1 Å². The summed E-state index contributed by atoms with van der Waals surface area (Å²) in [5.74, 6) is 0.713. The van der Waals surface area contributed by atoms with Gasteiger partial charge in [-0.05, 0) is 0 Å². The molecule has 0 saturated heterocycles. The minimum Gasteiger partial charge on any atom is -0.249 e. The van der Waals surface area contributed by atoms with Crippen molar-refractivity contribution in [3.63, 3.8) is 0 Å². The normalized spacial score (nSPS) is 23.1. The van der Waals surface area contributed by atoms with Gasteiger partial charge in [-0.2, -0.15) is 5.57 Å². The first kappa shape index (κ1) is 16.4. The molecule has 0 spiro atoms. The fourth-order valence-corrected chi connectivity index (χ4v) is 2.16. The zero-order valence-corrected chi connectivity index (χ0v) is 14.0. The average molecular weight is 268 g/mol. The summed E-state index contributed by atoms with van der Waals surface area (Å²) in [4.78, 5) is 0. The minimum absolute atomic E-state index is 0. The molecular formula is C14H24SiTi-. The fraction of sp³-hybridized carbons (Fsp3) is 0.714. The van der Waals surface area contributed by atoms with Crippen LogP contribution in [-0.4, -0.2) is 8.80 Å². The molecule has 0 N–H and O–H groups in total. The van der Waals surface area contributed by atoms with Crippen molar-refractivity contribution in [1.29, 1.82) is 0 Å². The smallest absolute Gasteiger partial charge is 0.0379 e. The standard InChI is InChI=1S/C11H15.C3H9Si.Ti/c1-8-7-10-5-3-4-6-11(10)9(8)2;1-4(2)3;/h9H,3-6H2,1-2H3;1-3H3;/q-1;;. The molecule has 0 aromatic heterocycles. The monoisotopic (exact) mass is 268 g/mol. The Bertz CT molecular complexity index is 274. The third kappa shape index (κ3) is 4.73. The molecular weight excluding hydrogens is 244 g/mol. The largest absolute Gasteiger partial charge is 0.249 e. The maximum absolute atomic E-state index is 3.50. The van der Waals surface area contributed by atoms with E-state index in [0.29, 0.717) is 5.92 Å². The van der Waals surface area contributed by atoms with E-state index in [1.807, 2.05) is 0 Å². The number of rotatable bonds is 0. The summed E-state index contributed by atoms with van der Waals surface area (Å²) in [6.07, 6.45) is 8.91. The van der Waals surface area contributed by atoms with Gasteiger partial charge in [0.25, 0.3) is 0 Å². The maximum atomic E-state index is 3.50. The molecule has 2 heteroatoms. The van der Waals surface area contributed by atoms with E-state index in [0.717, 1.165) is 0 Å². The molecule has 89 valence electrons. The molecule has 1 radical (unpaired) electrons. The van der Waals surface area contributed by atoms with Crippen LogP contribution in [0.25, 0.3) is 0 Å². The van der Waals surface area contributed by atoms with Gasteiger partial charge in [0.15, 0.2) is 0 Å². The third-order valence-corrected chi connectivity index (χ3v) is 3.03. The molecule has 0 saturated carbocycles. The van der Waals surface area contributed by atoms with Gasteiger partial charge in [-0.15, -0.1) is 0 Å². The van der Waals surface area contributed by atoms with Gasteiger partial charge in [0, 0.05) is 30.5 Å². The van der Waals surface area contributed by atoms with E-state index in [-0.39, 0.29) is 30.5 Å². The van der Waals surface area contributed by atoms with Crippen LogP contribution in [0.5, 0.6) is 0 Å². The van der Waals surface area contributed by atoms with Crippen molar-refractivity contribution < 1.29 is 21.7 Å². The molecule has 16 heavy (non-hydrogen) atoms. The van der Waals surface area contributed by atoms with Gasteiger partial charge in [0.05, 0.1) is 0 Å². The van der Waals surface area contributed by atoms with E-state index < -0.39 is 0 Å². The summed E-state index contributed by atoms with van der Waals surface area (Å²) in [5, 5.41) is 0. The molecule has 0 aliphatic heterocycles. The van der Waals surface area contributed by atoms with E-state index >= 15 is 0 Å². The van der Waals surface area contributed by atoms with Crippen LogP contribution in [0.1, 0.15) is 39.5 Å². The molecule has 0 fully saturated rings. The second kappa shape index (κ2) is 7.68. The van der Waals surface area contributed by atoms with E-state index in [1.54, 1.807) is 11.1 Å². The number of hydrogen-bond acceptors (Lipinski definition) is 0. The second-order valence-corrected chi connectivity index (χ2v) is 8.24. The Morgan fingerprint density at radius 2 is 1.62 bits per heavy atom. The summed E-state index contributed by atoms with van der Waals surface area (Å²) < 4.78 is 0. The van der Waals surface area contributed by atoms with Crippen LogP contribution in [0.15, 0.2) is 16.7 Å². The topological polar surface area (TPSA) is 0 Å². The van der Waals surface area contributed by atoms with Crippen molar-refractivity contribution >= 4 is 8.80 Å². The second-order valence-electron chi connectivity index (χ2n) is 5.24. The minimum atomic E-state index is 0. The summed E-state index contributed by atoms with van der Waals surface area (Å²) >= 11 is 0. The SMILES string of the molecule is CC1=[C-]C2=C(CCCC2)C1C.C[Si](C)C.[Ti]. The van der Waals surface area contributed by atoms with Crippen LogP contribution in [0.4, 0.5) is 0 Å². The Hall–Kier alpha value is 0.411. The molecule has 0 nitrogen and oxygen atoms in total. The Morgan fingerprint density at radius 1 is 1.12 bits per heavy atom. The predicted octanol–water partition coefficient (Wildman–Crippen LogP) is 4.62. The number of hydrogen-bond donors (Lipinski definition) is 0. The Morgan fingerprint density at radius 3 is 2.12 bits per heavy atom. The van der Waals surface area contributed by atoms with Crippen molar-refractivity contribution in [3.05, 3.63) is 22.8 Å². The molecule has 0 bridgehead atoms. The Kier molecular flexibility index (Phi) is 7.88. The molecule has 0 heterocycles. The van der Waals surface area contributed by atoms with Gasteiger partial charge in [0.2, 0.25) is 0 Å². The van der Waals surface area contributed by atoms with Gasteiger partial charge in [0.1, 0.15) is 0 Å². The summed E-state index contributed by atoms with van der Waals surface area (Å²) in [6.45, 7) is 11.3. The van der Waals surface area contributed by atoms with Crippen LogP contribution in [0.2, 0.25) is 19.6 Å². The van der Waals surface area contributed by atoms with E-state index in [9.17, 15) is 0 Å². The quantitative estimate of drug-likeness (QED) is 0.444. The van der Waals surface area contributed by atoms with E-state index in [4.69, 9.17) is 0 Å². The van der Waals surface area contributed by atoms with E-state index in [1.165, 1.54) is 31.3 Å². The Labute approximate surface area is 118 Å². The molecule has 0 aromatic carbocycles. The molecule has 1 unspecified atom stereocenters. The summed E-state index contributed by atoms with van der Waals surface area (Å²) in [5.41, 5.74) is 4.69. The maximum Gasteiger partial charge on any atom is 0.0379 e. The van der Waals surface area contributed by atoms with Crippen molar-refractivity contribution in [3.8, 4) is 0 Å². The van der Waals surface area contributed by atoms with Gasteiger partial charge >= 0.3 is 0 Å². The van der Waals surface area contributed by atoms with E-state index in [2.05, 4.69) is 39.6 Å². The first-order valence-electron chi connectivity index (χ1n) is 6.11. The molecule has 2 aliphatic rings. The van der Waals surface area contributed by atoms with Crippen LogP contribution in [-0.2, 0) is 21.7 Å². The molecule has 0 aromatic rings. The fourth-order valence-electron chi connectivity index (χ4n) is 2.16. The van der Waals surface area contributed by atoms with Gasteiger partial charge in [-0.3, -0.25) is 0 Å². The van der Waals surface area contributed by atoms with Gasteiger partial charge in [-0.25, -0.2) is 17.2 Å². The van der Waals surface area contributed by atoms with Crippen molar-refractivity contribution in [1.82, 2.24) is 0 Å². The molecule has 1 atom stereocenters. The summed E-state index contributed by atoms with van der Waals surface area (Å²) in [7, 11) is 0.120. The zero-order chi connectivity index (χ0) is 11.4. The van der Waals surface area contributed by atoms with Crippen molar-refractivity contribution in [2.75, 3.05) is 0 Å². The first-order chi connectivity index (χ1) is 7.02. The molecule has 2 aliphatic carbocycles. The zero-order valence-electron chi connectivity index (χ0n) is 11.4. The average Bonchev–Trinajstić information content (AvgIpc) is 2.43. The van der Waals surface area contributed by atoms with Crippen molar-refractivity contribution in [2.45, 2.75) is 59.2 Å². The van der Waals surface area contributed by atoms with Crippen LogP contribution in [0.3, 0.4) is 0 Å². The third-order valence-electron chi connectivity index (χ3n) is 3.03. The molecule has 0 amide bonds. The van der Waals surface area contributed by atoms with Crippen LogP contribution in [0, 0.1) is 12.0 Å². The Balaban J connectivity index is 0.000000397. The molecule has 2 rings (SSSR count). The van der Waals surface area contributed by atoms with Crippen molar-refractivity contribution in [2.24, 2.45) is 5.92 Å². The summed E-state index contributed by atoms with van der Waals surface area (Å²) in [6, 6.07) is 0. The van der Waals surface area contributed by atoms with Crippen LogP contribution < -0.4 is 0 Å². The number of allylic oxidation sites excluding steroid dienone is 4.